The molecule has 0 aliphatic rings. The fourth-order valence-electron chi connectivity index (χ4n) is 2.92. The minimum absolute atomic E-state index is 0.0969. The van der Waals surface area contributed by atoms with Crippen LogP contribution < -0.4 is 14.8 Å². The molecule has 0 aliphatic heterocycles. The summed E-state index contributed by atoms with van der Waals surface area (Å²) in [4.78, 5) is 12.2. The Hall–Kier alpha value is -2.75. The van der Waals surface area contributed by atoms with Crippen molar-refractivity contribution in [2.24, 2.45) is 0 Å². The first-order valence-electron chi connectivity index (χ1n) is 9.78. The second-order valence-corrected chi connectivity index (χ2v) is 9.92. The van der Waals surface area contributed by atoms with Crippen molar-refractivity contribution in [2.75, 3.05) is 17.6 Å². The zero-order valence-corrected chi connectivity index (χ0v) is 19.3. The Morgan fingerprint density at radius 2 is 1.69 bits per heavy atom. The highest BCUT2D eigenvalue weighted by atomic mass is 32.2. The molecule has 0 unspecified atom stereocenters. The summed E-state index contributed by atoms with van der Waals surface area (Å²) in [6.45, 7) is 5.41. The maximum atomic E-state index is 13.1. The first-order valence-corrected chi connectivity index (χ1v) is 11.7. The number of anilines is 1. The molecule has 0 aromatic heterocycles. The van der Waals surface area contributed by atoms with Crippen LogP contribution in [0.3, 0.4) is 0 Å². The quantitative estimate of drug-likeness (QED) is 0.594. The summed E-state index contributed by atoms with van der Waals surface area (Å²) in [6.07, 6.45) is -3.32. The molecular weight excluding hydrogens is 445 g/mol. The van der Waals surface area contributed by atoms with E-state index in [4.69, 9.17) is 4.74 Å². The van der Waals surface area contributed by atoms with Crippen LogP contribution in [0.2, 0.25) is 0 Å². The molecule has 2 aromatic carbocycles. The lowest BCUT2D eigenvalue weighted by atomic mass is 9.84. The summed E-state index contributed by atoms with van der Waals surface area (Å²) >= 11 is 0. The molecular formula is C22H27F3N2O4S. The number of aryl methyl sites for hydroxylation is 1. The van der Waals surface area contributed by atoms with Crippen molar-refractivity contribution >= 4 is 21.6 Å². The third-order valence-corrected chi connectivity index (χ3v) is 5.67. The van der Waals surface area contributed by atoms with Gasteiger partial charge in [-0.15, -0.1) is 0 Å². The molecule has 0 saturated heterocycles. The predicted molar refractivity (Wildman–Crippen MR) is 117 cm³/mol. The highest BCUT2D eigenvalue weighted by Gasteiger charge is 2.48. The van der Waals surface area contributed by atoms with Crippen molar-refractivity contribution in [1.29, 1.82) is 0 Å². The van der Waals surface area contributed by atoms with Gasteiger partial charge in [0, 0.05) is 0 Å². The predicted octanol–water partition coefficient (Wildman–Crippen LogP) is 4.46. The summed E-state index contributed by atoms with van der Waals surface area (Å²) in [5, 5.41) is 2.77. The van der Waals surface area contributed by atoms with Gasteiger partial charge in [0.15, 0.2) is 6.61 Å². The van der Waals surface area contributed by atoms with Gasteiger partial charge in [0.05, 0.1) is 23.4 Å². The second-order valence-electron chi connectivity index (χ2n) is 8.17. The lowest BCUT2D eigenvalue weighted by Crippen LogP contribution is -2.36. The Morgan fingerprint density at radius 1 is 1.09 bits per heavy atom. The van der Waals surface area contributed by atoms with Crippen LogP contribution >= 0.6 is 0 Å². The van der Waals surface area contributed by atoms with Crippen molar-refractivity contribution in [2.45, 2.75) is 45.3 Å². The van der Waals surface area contributed by atoms with Gasteiger partial charge in [-0.2, -0.15) is 13.2 Å². The molecule has 0 heterocycles. The van der Waals surface area contributed by atoms with Gasteiger partial charge in [-0.3, -0.25) is 9.52 Å². The number of sulfonamides is 1. The second kappa shape index (κ2) is 9.40. The van der Waals surface area contributed by atoms with Gasteiger partial charge in [0.25, 0.3) is 5.91 Å². The van der Waals surface area contributed by atoms with Crippen LogP contribution in [-0.4, -0.2) is 33.4 Å². The van der Waals surface area contributed by atoms with Gasteiger partial charge in [-0.1, -0.05) is 24.3 Å². The molecule has 2 N–H and O–H groups in total. The van der Waals surface area contributed by atoms with Crippen molar-refractivity contribution in [3.05, 3.63) is 59.2 Å². The number of benzene rings is 2. The molecule has 0 bridgehead atoms. The number of hydrogen-bond acceptors (Lipinski definition) is 4. The molecule has 32 heavy (non-hydrogen) atoms. The minimum Gasteiger partial charge on any atom is -0.484 e. The largest absolute Gasteiger partial charge is 0.484 e. The monoisotopic (exact) mass is 472 g/mol. The Labute approximate surface area is 186 Å². The average molecular weight is 473 g/mol. The molecule has 0 radical (unpaired) electrons. The van der Waals surface area contributed by atoms with Gasteiger partial charge in [-0.05, 0) is 62.6 Å². The molecule has 10 heteroatoms. The molecule has 6 nitrogen and oxygen atoms in total. The van der Waals surface area contributed by atoms with Crippen LogP contribution in [0.1, 0.15) is 43.5 Å². The number of rotatable bonds is 8. The standard InChI is InChI=1S/C22H27F3N2O4S/c1-14-12-16(6-11-19(14)27-32(5,29)30)15(2)26-20(28)13-31-18-9-7-17(8-10-18)21(3,4)22(23,24)25/h6-12,15,27H,13H2,1-5H3,(H,26,28)/t15-/m1/s1. The van der Waals surface area contributed by atoms with Gasteiger partial charge in [0.1, 0.15) is 5.75 Å². The van der Waals surface area contributed by atoms with E-state index in [0.29, 0.717) is 11.3 Å². The number of ether oxygens (including phenoxy) is 1. The van der Waals surface area contributed by atoms with Crippen LogP contribution in [0, 0.1) is 6.92 Å². The molecule has 0 saturated carbocycles. The number of amides is 1. The van der Waals surface area contributed by atoms with Crippen molar-refractivity contribution < 1.29 is 31.1 Å². The Bertz CT molecular complexity index is 1070. The minimum atomic E-state index is -4.39. The smallest absolute Gasteiger partial charge is 0.397 e. The Kier molecular flexibility index (Phi) is 7.49. The van der Waals surface area contributed by atoms with Gasteiger partial charge in [0.2, 0.25) is 10.0 Å². The number of carbonyl (C=O) groups excluding carboxylic acids is 1. The van der Waals surface area contributed by atoms with Crippen LogP contribution in [0.5, 0.6) is 5.75 Å². The molecule has 0 fully saturated rings. The van der Waals surface area contributed by atoms with Crippen LogP contribution in [-0.2, 0) is 20.2 Å². The van der Waals surface area contributed by atoms with E-state index in [1.54, 1.807) is 32.0 Å². The SMILES string of the molecule is Cc1cc([C@@H](C)NC(=O)COc2ccc(C(C)(C)C(F)(F)F)cc2)ccc1NS(C)(=O)=O. The first kappa shape index (κ1) is 25.5. The van der Waals surface area contributed by atoms with E-state index >= 15 is 0 Å². The van der Waals surface area contributed by atoms with E-state index < -0.39 is 27.5 Å². The highest BCUT2D eigenvalue weighted by molar-refractivity contribution is 7.92. The molecule has 2 rings (SSSR count). The fourth-order valence-corrected chi connectivity index (χ4v) is 3.55. The molecule has 0 aliphatic carbocycles. The van der Waals surface area contributed by atoms with Crippen molar-refractivity contribution in [1.82, 2.24) is 5.32 Å². The summed E-state index contributed by atoms with van der Waals surface area (Å²) < 4.78 is 70.0. The Balaban J connectivity index is 1.95. The first-order chi connectivity index (χ1) is 14.6. The zero-order valence-electron chi connectivity index (χ0n) is 18.5. The van der Waals surface area contributed by atoms with Gasteiger partial charge >= 0.3 is 6.18 Å². The molecule has 1 amide bonds. The maximum absolute atomic E-state index is 13.1. The summed E-state index contributed by atoms with van der Waals surface area (Å²) in [5.74, 6) is -0.130. The lowest BCUT2D eigenvalue weighted by molar-refractivity contribution is -0.180. The van der Waals surface area contributed by atoms with E-state index in [0.717, 1.165) is 25.7 Å². The third kappa shape index (κ3) is 6.62. The fraction of sp³-hybridized carbons (Fsp3) is 0.409. The van der Waals surface area contributed by atoms with Crippen LogP contribution in [0.15, 0.2) is 42.5 Å². The number of halogens is 3. The summed E-state index contributed by atoms with van der Waals surface area (Å²) in [7, 11) is -3.40. The third-order valence-electron chi connectivity index (χ3n) is 5.08. The van der Waals surface area contributed by atoms with Gasteiger partial charge < -0.3 is 10.1 Å². The zero-order chi connectivity index (χ0) is 24.3. The summed E-state index contributed by atoms with van der Waals surface area (Å²) in [6, 6.07) is 10.2. The maximum Gasteiger partial charge on any atom is 0.397 e. The van der Waals surface area contributed by atoms with Crippen molar-refractivity contribution in [3.8, 4) is 5.75 Å². The van der Waals surface area contributed by atoms with E-state index in [-0.39, 0.29) is 24.0 Å². The topological polar surface area (TPSA) is 84.5 Å². The van der Waals surface area contributed by atoms with E-state index in [1.165, 1.54) is 24.3 Å². The molecule has 176 valence electrons. The Morgan fingerprint density at radius 3 is 2.19 bits per heavy atom. The number of nitrogens with one attached hydrogen (secondary N) is 2. The molecule has 0 spiro atoms. The van der Waals surface area contributed by atoms with Crippen LogP contribution in [0.4, 0.5) is 18.9 Å². The van der Waals surface area contributed by atoms with E-state index in [2.05, 4.69) is 10.0 Å². The number of hydrogen-bond donors (Lipinski definition) is 2. The molecule has 2 aromatic rings. The number of alkyl halides is 3. The number of carbonyl (C=O) groups is 1. The van der Waals surface area contributed by atoms with E-state index in [9.17, 15) is 26.4 Å². The molecule has 1 atom stereocenters. The summed E-state index contributed by atoms with van der Waals surface area (Å²) in [5.41, 5.74) is 0.0266. The van der Waals surface area contributed by atoms with Crippen LogP contribution in [0.25, 0.3) is 0 Å². The average Bonchev–Trinajstić information content (AvgIpc) is 2.66. The van der Waals surface area contributed by atoms with E-state index in [1.807, 2.05) is 0 Å². The van der Waals surface area contributed by atoms with Crippen molar-refractivity contribution in [3.63, 3.8) is 0 Å². The normalized spacial score (nSPS) is 13.4. The highest BCUT2D eigenvalue weighted by Crippen LogP contribution is 2.40. The van der Waals surface area contributed by atoms with Gasteiger partial charge in [-0.25, -0.2) is 8.42 Å². The lowest BCUT2D eigenvalue weighted by Gasteiger charge is -2.28.